The molecule has 1 saturated heterocycles. The van der Waals surface area contributed by atoms with Crippen molar-refractivity contribution in [3.63, 3.8) is 0 Å². The normalized spacial score (nSPS) is 31.1. The van der Waals surface area contributed by atoms with Crippen LogP contribution in [0.2, 0.25) is 0 Å². The molecule has 1 fully saturated rings. The number of carbonyl (C=O) groups excluding carboxylic acids is 1. The van der Waals surface area contributed by atoms with Gasteiger partial charge in [-0.15, -0.1) is 0 Å². The molecule has 2 atom stereocenters. The summed E-state index contributed by atoms with van der Waals surface area (Å²) in [6.45, 7) is 2.46. The van der Waals surface area contributed by atoms with Crippen molar-refractivity contribution in [1.29, 1.82) is 0 Å². The van der Waals surface area contributed by atoms with E-state index in [1.54, 1.807) is 0 Å². The SMILES string of the molecule is CCC1(C(=O)O)CCCN(C(=O)NC2C=CS(=O)(=O)C2)C1. The summed E-state index contributed by atoms with van der Waals surface area (Å²) >= 11 is 0. The van der Waals surface area contributed by atoms with Crippen LogP contribution in [0.4, 0.5) is 4.79 Å². The molecule has 0 saturated carbocycles. The molecule has 2 N–H and O–H groups in total. The average Bonchev–Trinajstić information content (AvgIpc) is 2.77. The lowest BCUT2D eigenvalue weighted by molar-refractivity contribution is -0.152. The third-order valence-corrected chi connectivity index (χ3v) is 5.63. The Bertz CT molecular complexity index is 571. The Balaban J connectivity index is 2.00. The summed E-state index contributed by atoms with van der Waals surface area (Å²) in [6.07, 6.45) is 3.10. The number of piperidine rings is 1. The number of hydrogen-bond acceptors (Lipinski definition) is 4. The molecule has 0 aromatic carbocycles. The number of nitrogens with zero attached hydrogens (tertiary/aromatic N) is 1. The van der Waals surface area contributed by atoms with E-state index in [9.17, 15) is 23.1 Å². The zero-order valence-corrected chi connectivity index (χ0v) is 12.7. The van der Waals surface area contributed by atoms with Crippen LogP contribution < -0.4 is 5.32 Å². The van der Waals surface area contributed by atoms with Crippen molar-refractivity contribution >= 4 is 21.8 Å². The van der Waals surface area contributed by atoms with Crippen LogP contribution in [0.1, 0.15) is 26.2 Å². The van der Waals surface area contributed by atoms with Gasteiger partial charge >= 0.3 is 12.0 Å². The maximum absolute atomic E-state index is 12.2. The van der Waals surface area contributed by atoms with Crippen LogP contribution in [0, 0.1) is 5.41 Å². The number of carbonyl (C=O) groups is 2. The number of carboxylic acid groups (broad SMARTS) is 1. The second-order valence-corrected chi connectivity index (χ2v) is 7.61. The Morgan fingerprint density at radius 2 is 2.19 bits per heavy atom. The van der Waals surface area contributed by atoms with Gasteiger partial charge in [-0.05, 0) is 25.3 Å². The lowest BCUT2D eigenvalue weighted by atomic mass is 9.78. The minimum Gasteiger partial charge on any atom is -0.481 e. The summed E-state index contributed by atoms with van der Waals surface area (Å²) in [5.74, 6) is -1.02. The smallest absolute Gasteiger partial charge is 0.317 e. The maximum atomic E-state index is 12.2. The highest BCUT2D eigenvalue weighted by atomic mass is 32.2. The van der Waals surface area contributed by atoms with Crippen LogP contribution in [0.25, 0.3) is 0 Å². The molecule has 2 amide bonds. The molecule has 2 heterocycles. The van der Waals surface area contributed by atoms with Gasteiger partial charge in [-0.3, -0.25) is 4.79 Å². The van der Waals surface area contributed by atoms with Gasteiger partial charge < -0.3 is 15.3 Å². The number of aliphatic carboxylic acids is 1. The number of urea groups is 1. The standard InChI is InChI=1S/C13H20N2O5S/c1-2-13(11(16)17)5-3-6-15(9-13)12(18)14-10-4-7-21(19,20)8-10/h4,7,10H,2-3,5-6,8-9H2,1H3,(H,14,18)(H,16,17). The monoisotopic (exact) mass is 316 g/mol. The van der Waals surface area contributed by atoms with Gasteiger partial charge in [0.1, 0.15) is 0 Å². The second-order valence-electron chi connectivity index (χ2n) is 5.68. The number of carboxylic acids is 1. The third kappa shape index (κ3) is 3.37. The molecule has 2 aliphatic heterocycles. The van der Waals surface area contributed by atoms with Gasteiger partial charge in [0.05, 0.1) is 17.2 Å². The van der Waals surface area contributed by atoms with Gasteiger partial charge in [-0.25, -0.2) is 13.2 Å². The van der Waals surface area contributed by atoms with Gasteiger partial charge in [0.15, 0.2) is 9.84 Å². The fourth-order valence-corrected chi connectivity index (χ4v) is 4.07. The van der Waals surface area contributed by atoms with Crippen molar-refractivity contribution in [3.05, 3.63) is 11.5 Å². The van der Waals surface area contributed by atoms with Gasteiger partial charge in [-0.1, -0.05) is 6.92 Å². The van der Waals surface area contributed by atoms with E-state index in [2.05, 4.69) is 5.32 Å². The molecule has 2 unspecified atom stereocenters. The van der Waals surface area contributed by atoms with Crippen molar-refractivity contribution in [1.82, 2.24) is 10.2 Å². The van der Waals surface area contributed by atoms with Crippen molar-refractivity contribution in [3.8, 4) is 0 Å². The summed E-state index contributed by atoms with van der Waals surface area (Å²) < 4.78 is 22.6. The molecule has 0 aliphatic carbocycles. The molecule has 0 aromatic rings. The highest BCUT2D eigenvalue weighted by Gasteiger charge is 2.42. The summed E-state index contributed by atoms with van der Waals surface area (Å²) in [5, 5.41) is 13.1. The topological polar surface area (TPSA) is 104 Å². The van der Waals surface area contributed by atoms with Gasteiger partial charge in [0.2, 0.25) is 0 Å². The van der Waals surface area contributed by atoms with E-state index in [0.717, 1.165) is 5.41 Å². The third-order valence-electron chi connectivity index (χ3n) is 4.23. The van der Waals surface area contributed by atoms with E-state index < -0.39 is 33.3 Å². The predicted molar refractivity (Wildman–Crippen MR) is 76.4 cm³/mol. The Labute approximate surface area is 123 Å². The van der Waals surface area contributed by atoms with E-state index >= 15 is 0 Å². The zero-order valence-electron chi connectivity index (χ0n) is 11.9. The number of hydrogen-bond donors (Lipinski definition) is 2. The molecule has 21 heavy (non-hydrogen) atoms. The first kappa shape index (κ1) is 15.8. The average molecular weight is 316 g/mol. The quantitative estimate of drug-likeness (QED) is 0.793. The number of sulfone groups is 1. The zero-order chi connectivity index (χ0) is 15.7. The van der Waals surface area contributed by atoms with Crippen LogP contribution in [0.15, 0.2) is 11.5 Å². The van der Waals surface area contributed by atoms with Crippen molar-refractivity contribution in [2.45, 2.75) is 32.2 Å². The Morgan fingerprint density at radius 3 is 2.71 bits per heavy atom. The number of likely N-dealkylation sites (tertiary alicyclic amines) is 1. The summed E-state index contributed by atoms with van der Waals surface area (Å²) in [7, 11) is -3.22. The summed E-state index contributed by atoms with van der Waals surface area (Å²) in [5.41, 5.74) is -0.896. The van der Waals surface area contributed by atoms with Crippen LogP contribution in [-0.4, -0.2) is 55.3 Å². The van der Waals surface area contributed by atoms with Gasteiger partial charge in [0, 0.05) is 18.5 Å². The van der Waals surface area contributed by atoms with Crippen LogP contribution >= 0.6 is 0 Å². The highest BCUT2D eigenvalue weighted by Crippen LogP contribution is 2.33. The molecule has 8 heteroatoms. The van der Waals surface area contributed by atoms with E-state index in [1.165, 1.54) is 11.0 Å². The number of rotatable bonds is 3. The number of amides is 2. The highest BCUT2D eigenvalue weighted by molar-refractivity contribution is 7.94. The Kier molecular flexibility index (Phi) is 4.27. The van der Waals surface area contributed by atoms with Crippen molar-refractivity contribution in [2.75, 3.05) is 18.8 Å². The lowest BCUT2D eigenvalue weighted by Crippen LogP contribution is -2.54. The molecule has 7 nitrogen and oxygen atoms in total. The molecule has 0 radical (unpaired) electrons. The second kappa shape index (κ2) is 5.67. The predicted octanol–water partition coefficient (Wildman–Crippen LogP) is 0.584. The first-order valence-electron chi connectivity index (χ1n) is 6.98. The summed E-state index contributed by atoms with van der Waals surface area (Å²) in [4.78, 5) is 25.1. The molecule has 0 aromatic heterocycles. The minimum absolute atomic E-state index is 0.134. The molecule has 118 valence electrons. The first-order chi connectivity index (χ1) is 9.78. The van der Waals surface area contributed by atoms with Gasteiger partial charge in [0.25, 0.3) is 0 Å². The Hall–Kier alpha value is -1.57. The summed E-state index contributed by atoms with van der Waals surface area (Å²) in [6, 6.07) is -0.939. The Morgan fingerprint density at radius 1 is 1.48 bits per heavy atom. The minimum atomic E-state index is -3.22. The van der Waals surface area contributed by atoms with Crippen LogP contribution in [-0.2, 0) is 14.6 Å². The van der Waals surface area contributed by atoms with Crippen LogP contribution in [0.5, 0.6) is 0 Å². The molecule has 0 bridgehead atoms. The van der Waals surface area contributed by atoms with Crippen molar-refractivity contribution < 1.29 is 23.1 Å². The maximum Gasteiger partial charge on any atom is 0.317 e. The van der Waals surface area contributed by atoms with E-state index in [0.29, 0.717) is 25.8 Å². The fourth-order valence-electron chi connectivity index (χ4n) is 2.84. The molecule has 2 aliphatic rings. The molecular formula is C13H20N2O5S. The van der Waals surface area contributed by atoms with E-state index in [1.807, 2.05) is 6.92 Å². The van der Waals surface area contributed by atoms with E-state index in [-0.39, 0.29) is 12.3 Å². The molecule has 0 spiro atoms. The fraction of sp³-hybridized carbons (Fsp3) is 0.692. The molecule has 2 rings (SSSR count). The lowest BCUT2D eigenvalue weighted by Gasteiger charge is -2.39. The largest absolute Gasteiger partial charge is 0.481 e. The van der Waals surface area contributed by atoms with E-state index in [4.69, 9.17) is 0 Å². The van der Waals surface area contributed by atoms with Crippen LogP contribution in [0.3, 0.4) is 0 Å². The first-order valence-corrected chi connectivity index (χ1v) is 8.69. The van der Waals surface area contributed by atoms with Crippen molar-refractivity contribution in [2.24, 2.45) is 5.41 Å². The van der Waals surface area contributed by atoms with Gasteiger partial charge in [-0.2, -0.15) is 0 Å². The molecular weight excluding hydrogens is 296 g/mol. The number of nitrogens with one attached hydrogen (secondary N) is 1.